The third-order valence-electron chi connectivity index (χ3n) is 1.76. The molecule has 0 saturated heterocycles. The predicted molar refractivity (Wildman–Crippen MR) is 74.7 cm³/mol. The van der Waals surface area contributed by atoms with Gasteiger partial charge in [0.1, 0.15) is 12.3 Å². The Morgan fingerprint density at radius 2 is 1.80 bits per heavy atom. The summed E-state index contributed by atoms with van der Waals surface area (Å²) < 4.78 is 63.0. The Morgan fingerprint density at radius 3 is 2.25 bits per heavy atom. The smallest absolute Gasteiger partial charge is 0.406 e. The molecule has 0 aliphatic rings. The number of benzene rings is 1. The van der Waals surface area contributed by atoms with Gasteiger partial charge in [-0.15, -0.1) is 37.1 Å². The third-order valence-corrected chi connectivity index (χ3v) is 1.76. The maximum Gasteiger partial charge on any atom is 0.573 e. The molecule has 3 N–H and O–H groups in total. The summed E-state index contributed by atoms with van der Waals surface area (Å²) in [5, 5.41) is 2.44. The van der Waals surface area contributed by atoms with E-state index in [0.717, 1.165) is 12.1 Å². The van der Waals surface area contributed by atoms with Crippen LogP contribution in [0.2, 0.25) is 0 Å². The summed E-state index contributed by atoms with van der Waals surface area (Å²) in [7, 11) is 0. The van der Waals surface area contributed by atoms with E-state index in [-0.39, 0.29) is 29.9 Å². The van der Waals surface area contributed by atoms with E-state index in [0.29, 0.717) is 5.69 Å². The fourth-order valence-corrected chi connectivity index (χ4v) is 1.09. The van der Waals surface area contributed by atoms with Crippen LogP contribution in [0.1, 0.15) is 0 Å². The van der Waals surface area contributed by atoms with Gasteiger partial charge >= 0.3 is 6.36 Å². The lowest BCUT2D eigenvalue weighted by atomic mass is 10.3. The summed E-state index contributed by atoms with van der Waals surface area (Å²) in [6.07, 6.45) is -7.39. The lowest BCUT2D eigenvalue weighted by molar-refractivity contribution is -0.274. The van der Waals surface area contributed by atoms with Crippen LogP contribution >= 0.6 is 24.0 Å². The molecule has 0 fully saturated rings. The molecular weight excluding hydrogens is 400 g/mol. The number of hydrogen-bond acceptors (Lipinski definition) is 2. The highest BCUT2D eigenvalue weighted by molar-refractivity contribution is 14.0. The minimum Gasteiger partial charge on any atom is -0.406 e. The van der Waals surface area contributed by atoms with Crippen LogP contribution in [0.4, 0.5) is 27.6 Å². The van der Waals surface area contributed by atoms with Crippen LogP contribution in [0.15, 0.2) is 29.3 Å². The van der Waals surface area contributed by atoms with Crippen LogP contribution < -0.4 is 15.8 Å². The first-order valence-electron chi connectivity index (χ1n) is 4.97. The van der Waals surface area contributed by atoms with Gasteiger partial charge in [-0.05, 0) is 24.3 Å². The Morgan fingerprint density at radius 1 is 1.25 bits per heavy atom. The second-order valence-electron chi connectivity index (χ2n) is 3.31. The number of ether oxygens (including phenoxy) is 1. The van der Waals surface area contributed by atoms with Crippen molar-refractivity contribution >= 4 is 35.6 Å². The van der Waals surface area contributed by atoms with E-state index in [2.05, 4.69) is 15.0 Å². The van der Waals surface area contributed by atoms with Crippen LogP contribution in [-0.2, 0) is 0 Å². The fraction of sp³-hybridized carbons (Fsp3) is 0.300. The van der Waals surface area contributed by atoms with Crippen LogP contribution in [0.5, 0.6) is 5.75 Å². The van der Waals surface area contributed by atoms with E-state index in [1.807, 2.05) is 0 Å². The van der Waals surface area contributed by atoms with Crippen molar-refractivity contribution in [1.82, 2.24) is 0 Å². The fourth-order valence-electron chi connectivity index (χ4n) is 1.09. The van der Waals surface area contributed by atoms with Crippen LogP contribution in [0.25, 0.3) is 0 Å². The second-order valence-corrected chi connectivity index (χ2v) is 3.31. The van der Waals surface area contributed by atoms with Crippen LogP contribution in [0.3, 0.4) is 0 Å². The molecule has 0 heterocycles. The van der Waals surface area contributed by atoms with Crippen molar-refractivity contribution < 1.29 is 26.7 Å². The van der Waals surface area contributed by atoms with Crippen molar-refractivity contribution in [2.75, 3.05) is 11.9 Å². The molecule has 0 unspecified atom stereocenters. The maximum absolute atomic E-state index is 11.9. The number of alkyl halides is 5. The quantitative estimate of drug-likeness (QED) is 0.347. The van der Waals surface area contributed by atoms with Gasteiger partial charge in [0.05, 0.1) is 0 Å². The van der Waals surface area contributed by atoms with Crippen molar-refractivity contribution in [1.29, 1.82) is 0 Å². The first-order chi connectivity index (χ1) is 8.76. The monoisotopic (exact) mass is 411 g/mol. The predicted octanol–water partition coefficient (Wildman–Crippen LogP) is 3.19. The van der Waals surface area contributed by atoms with Gasteiger partial charge in [0.2, 0.25) is 0 Å². The number of hydrogen-bond donors (Lipinski definition) is 2. The zero-order valence-corrected chi connectivity index (χ0v) is 12.2. The van der Waals surface area contributed by atoms with Gasteiger partial charge in [-0.25, -0.2) is 13.8 Å². The van der Waals surface area contributed by atoms with Gasteiger partial charge in [0, 0.05) is 5.69 Å². The molecule has 4 nitrogen and oxygen atoms in total. The number of anilines is 1. The van der Waals surface area contributed by atoms with Crippen molar-refractivity contribution in [3.63, 3.8) is 0 Å². The lowest BCUT2D eigenvalue weighted by Gasteiger charge is -2.10. The van der Waals surface area contributed by atoms with Crippen molar-refractivity contribution in [2.24, 2.45) is 10.7 Å². The molecule has 0 radical (unpaired) electrons. The summed E-state index contributed by atoms with van der Waals surface area (Å²) in [4.78, 5) is 3.32. The van der Waals surface area contributed by atoms with E-state index < -0.39 is 25.1 Å². The number of aliphatic imine (C=N–C) groups is 1. The number of halogens is 6. The highest BCUT2D eigenvalue weighted by Crippen LogP contribution is 2.23. The molecule has 0 aliphatic carbocycles. The molecule has 1 rings (SSSR count). The van der Waals surface area contributed by atoms with Crippen LogP contribution in [0, 0.1) is 0 Å². The highest BCUT2D eigenvalue weighted by Gasteiger charge is 2.30. The Bertz CT molecular complexity index is 436. The number of nitrogens with zero attached hydrogens (tertiary/aromatic N) is 1. The average Bonchev–Trinajstić information content (AvgIpc) is 2.27. The van der Waals surface area contributed by atoms with Gasteiger partial charge in [0.15, 0.2) is 5.96 Å². The molecule has 0 aromatic heterocycles. The van der Waals surface area contributed by atoms with E-state index >= 15 is 0 Å². The van der Waals surface area contributed by atoms with E-state index in [4.69, 9.17) is 5.73 Å². The number of guanidine groups is 1. The van der Waals surface area contributed by atoms with Gasteiger partial charge in [-0.3, -0.25) is 0 Å². The molecule has 1 aromatic carbocycles. The summed E-state index contributed by atoms with van der Waals surface area (Å²) in [5.41, 5.74) is 5.58. The Hall–Kier alpha value is -1.33. The Kier molecular flexibility index (Phi) is 7.53. The normalized spacial score (nSPS) is 12.0. The molecule has 0 aliphatic heterocycles. The lowest BCUT2D eigenvalue weighted by Crippen LogP contribution is -2.23. The average molecular weight is 411 g/mol. The molecule has 0 spiro atoms. The molecule has 0 amide bonds. The molecule has 0 saturated carbocycles. The largest absolute Gasteiger partial charge is 0.573 e. The topological polar surface area (TPSA) is 59.6 Å². The SMILES string of the molecule is I.NC(=NCC(F)F)Nc1ccc(OC(F)(F)F)cc1. The van der Waals surface area contributed by atoms with Crippen molar-refractivity contribution in [2.45, 2.75) is 12.8 Å². The first kappa shape index (κ1) is 18.7. The molecule has 0 atom stereocenters. The van der Waals surface area contributed by atoms with E-state index in [9.17, 15) is 22.0 Å². The van der Waals surface area contributed by atoms with Crippen molar-refractivity contribution in [3.05, 3.63) is 24.3 Å². The van der Waals surface area contributed by atoms with Crippen LogP contribution in [-0.4, -0.2) is 25.3 Å². The third kappa shape index (κ3) is 7.96. The molecule has 114 valence electrons. The first-order valence-corrected chi connectivity index (χ1v) is 4.97. The number of nitrogens with one attached hydrogen (secondary N) is 1. The molecule has 10 heteroatoms. The molecular formula is C10H11F5IN3O. The Balaban J connectivity index is 0.00000361. The summed E-state index contributed by atoms with van der Waals surface area (Å²) >= 11 is 0. The number of rotatable bonds is 4. The summed E-state index contributed by atoms with van der Waals surface area (Å²) in [6, 6.07) is 4.59. The highest BCUT2D eigenvalue weighted by atomic mass is 127. The zero-order valence-electron chi connectivity index (χ0n) is 9.82. The van der Waals surface area contributed by atoms with Gasteiger partial charge in [-0.1, -0.05) is 0 Å². The second kappa shape index (κ2) is 8.07. The molecule has 0 bridgehead atoms. The van der Waals surface area contributed by atoms with Gasteiger partial charge in [0.25, 0.3) is 6.43 Å². The number of nitrogens with two attached hydrogens (primary N) is 1. The van der Waals surface area contributed by atoms with E-state index in [1.54, 1.807) is 0 Å². The molecule has 20 heavy (non-hydrogen) atoms. The summed E-state index contributed by atoms with van der Waals surface area (Å²) in [5.74, 6) is -0.661. The van der Waals surface area contributed by atoms with Gasteiger partial charge < -0.3 is 15.8 Å². The standard InChI is InChI=1S/C10H10F5N3O.HI/c11-8(12)5-17-9(16)18-6-1-3-7(4-2-6)19-10(13,14)15;/h1-4,8H,5H2,(H3,16,17,18);1H. The maximum atomic E-state index is 11.9. The Labute approximate surface area is 128 Å². The minimum absolute atomic E-state index is 0. The molecule has 1 aromatic rings. The van der Waals surface area contributed by atoms with Gasteiger partial charge in [-0.2, -0.15) is 0 Å². The van der Waals surface area contributed by atoms with E-state index in [1.165, 1.54) is 12.1 Å². The summed E-state index contributed by atoms with van der Waals surface area (Å²) in [6.45, 7) is -0.756. The minimum atomic E-state index is -4.77. The zero-order chi connectivity index (χ0) is 14.5. The van der Waals surface area contributed by atoms with Crippen molar-refractivity contribution in [3.8, 4) is 5.75 Å².